The summed E-state index contributed by atoms with van der Waals surface area (Å²) >= 11 is 0. The summed E-state index contributed by atoms with van der Waals surface area (Å²) in [6.45, 7) is 4.15. The van der Waals surface area contributed by atoms with Crippen LogP contribution in [-0.2, 0) is 4.79 Å². The molecule has 0 fully saturated rings. The first-order valence-corrected chi connectivity index (χ1v) is 10.2. The smallest absolute Gasteiger partial charge is 0.157 e. The Morgan fingerprint density at radius 2 is 1.29 bits per heavy atom. The summed E-state index contributed by atoms with van der Waals surface area (Å²) in [6.07, 6.45) is 23.9. The Bertz CT molecular complexity index is 331. The van der Waals surface area contributed by atoms with Crippen LogP contribution in [0, 0.1) is 0 Å². The maximum atomic E-state index is 11.5. The lowest BCUT2D eigenvalue weighted by Crippen LogP contribution is -2.09. The number of ketones is 1. The molecular formula is C22H40O2. The maximum absolute atomic E-state index is 11.5. The molecule has 1 atom stereocenters. The Balaban J connectivity index is 3.32. The van der Waals surface area contributed by atoms with E-state index in [1.165, 1.54) is 64.2 Å². The van der Waals surface area contributed by atoms with Crippen molar-refractivity contribution >= 4 is 5.78 Å². The first kappa shape index (κ1) is 23.1. The first-order valence-electron chi connectivity index (χ1n) is 10.2. The Morgan fingerprint density at radius 1 is 0.792 bits per heavy atom. The summed E-state index contributed by atoms with van der Waals surface area (Å²) in [5.74, 6) is 0.0435. The van der Waals surface area contributed by atoms with E-state index in [1.54, 1.807) is 6.08 Å². The van der Waals surface area contributed by atoms with Gasteiger partial charge < -0.3 is 5.11 Å². The zero-order valence-electron chi connectivity index (χ0n) is 16.1. The van der Waals surface area contributed by atoms with Crippen molar-refractivity contribution < 1.29 is 9.90 Å². The molecule has 1 unspecified atom stereocenters. The van der Waals surface area contributed by atoms with Crippen molar-refractivity contribution in [1.82, 2.24) is 0 Å². The minimum atomic E-state index is -0.481. The SMILES string of the molecule is CCCCCCCC/C=C\CCCCC/C=C/C(=O)CC(O)CC. The predicted octanol–water partition coefficient (Wildman–Crippen LogP) is 6.53. The van der Waals surface area contributed by atoms with Crippen molar-refractivity contribution in [2.45, 2.75) is 110 Å². The number of hydrogen-bond donors (Lipinski definition) is 1. The van der Waals surface area contributed by atoms with Crippen molar-refractivity contribution in [3.63, 3.8) is 0 Å². The molecule has 0 aliphatic heterocycles. The molecule has 0 heterocycles. The molecule has 0 aromatic carbocycles. The Kier molecular flexibility index (Phi) is 17.8. The van der Waals surface area contributed by atoms with Crippen LogP contribution in [0.1, 0.15) is 104 Å². The lowest BCUT2D eigenvalue weighted by atomic mass is 10.1. The van der Waals surface area contributed by atoms with Gasteiger partial charge in [0.15, 0.2) is 5.78 Å². The molecule has 0 spiro atoms. The van der Waals surface area contributed by atoms with Gasteiger partial charge >= 0.3 is 0 Å². The number of allylic oxidation sites excluding steroid dienone is 4. The van der Waals surface area contributed by atoms with E-state index in [-0.39, 0.29) is 12.2 Å². The van der Waals surface area contributed by atoms with Gasteiger partial charge in [-0.15, -0.1) is 0 Å². The molecule has 0 aromatic rings. The van der Waals surface area contributed by atoms with E-state index in [4.69, 9.17) is 0 Å². The standard InChI is InChI=1S/C22H40O2/c1-3-5-6-7-8-9-10-11-12-13-14-15-16-17-18-19-22(24)20-21(23)4-2/h11-12,18-19,21,23H,3-10,13-17,20H2,1-2H3/b12-11-,19-18+. The predicted molar refractivity (Wildman–Crippen MR) is 105 cm³/mol. The molecule has 2 heteroatoms. The average Bonchev–Trinajstić information content (AvgIpc) is 2.58. The zero-order valence-corrected chi connectivity index (χ0v) is 16.1. The van der Waals surface area contributed by atoms with E-state index in [9.17, 15) is 9.90 Å². The molecule has 0 aliphatic carbocycles. The van der Waals surface area contributed by atoms with Crippen LogP contribution in [0.15, 0.2) is 24.3 Å². The summed E-state index contributed by atoms with van der Waals surface area (Å²) in [5, 5.41) is 9.39. The van der Waals surface area contributed by atoms with Crippen LogP contribution < -0.4 is 0 Å². The molecular weight excluding hydrogens is 296 g/mol. The average molecular weight is 337 g/mol. The van der Waals surface area contributed by atoms with E-state index in [0.29, 0.717) is 6.42 Å². The minimum absolute atomic E-state index is 0.0435. The summed E-state index contributed by atoms with van der Waals surface area (Å²) in [7, 11) is 0. The third-order valence-electron chi connectivity index (χ3n) is 4.34. The molecule has 0 bridgehead atoms. The fourth-order valence-corrected chi connectivity index (χ4v) is 2.64. The van der Waals surface area contributed by atoms with E-state index in [1.807, 2.05) is 13.0 Å². The van der Waals surface area contributed by atoms with Gasteiger partial charge in [0.25, 0.3) is 0 Å². The topological polar surface area (TPSA) is 37.3 Å². The van der Waals surface area contributed by atoms with Crippen molar-refractivity contribution in [2.75, 3.05) is 0 Å². The Hall–Kier alpha value is -0.890. The highest BCUT2D eigenvalue weighted by Crippen LogP contribution is 2.09. The second-order valence-corrected chi connectivity index (χ2v) is 6.80. The maximum Gasteiger partial charge on any atom is 0.157 e. The first-order chi connectivity index (χ1) is 11.7. The number of unbranched alkanes of at least 4 members (excludes halogenated alkanes) is 10. The largest absolute Gasteiger partial charge is 0.393 e. The lowest BCUT2D eigenvalue weighted by Gasteiger charge is -2.02. The highest BCUT2D eigenvalue weighted by Gasteiger charge is 2.04. The van der Waals surface area contributed by atoms with Gasteiger partial charge in [0, 0.05) is 6.42 Å². The van der Waals surface area contributed by atoms with Crippen LogP contribution in [0.4, 0.5) is 0 Å². The van der Waals surface area contributed by atoms with Crippen molar-refractivity contribution in [3.05, 3.63) is 24.3 Å². The van der Waals surface area contributed by atoms with E-state index in [2.05, 4.69) is 19.1 Å². The van der Waals surface area contributed by atoms with Gasteiger partial charge in [-0.3, -0.25) is 4.79 Å². The lowest BCUT2D eigenvalue weighted by molar-refractivity contribution is -0.116. The van der Waals surface area contributed by atoms with Crippen LogP contribution in [0.3, 0.4) is 0 Å². The monoisotopic (exact) mass is 336 g/mol. The molecule has 0 radical (unpaired) electrons. The highest BCUT2D eigenvalue weighted by atomic mass is 16.3. The third kappa shape index (κ3) is 17.5. The number of carbonyl (C=O) groups is 1. The highest BCUT2D eigenvalue weighted by molar-refractivity contribution is 5.89. The van der Waals surface area contributed by atoms with Gasteiger partial charge in [0.1, 0.15) is 0 Å². The van der Waals surface area contributed by atoms with Crippen LogP contribution in [-0.4, -0.2) is 17.0 Å². The Labute approximate surface area is 150 Å². The van der Waals surface area contributed by atoms with Gasteiger partial charge in [-0.2, -0.15) is 0 Å². The second kappa shape index (κ2) is 18.4. The van der Waals surface area contributed by atoms with E-state index >= 15 is 0 Å². The summed E-state index contributed by atoms with van der Waals surface area (Å²) in [6, 6.07) is 0. The van der Waals surface area contributed by atoms with Crippen LogP contribution in [0.25, 0.3) is 0 Å². The van der Waals surface area contributed by atoms with Crippen molar-refractivity contribution in [2.24, 2.45) is 0 Å². The number of aliphatic hydroxyl groups is 1. The molecule has 0 saturated carbocycles. The van der Waals surface area contributed by atoms with E-state index < -0.39 is 6.10 Å². The molecule has 140 valence electrons. The van der Waals surface area contributed by atoms with Crippen LogP contribution in [0.5, 0.6) is 0 Å². The van der Waals surface area contributed by atoms with Gasteiger partial charge in [0.2, 0.25) is 0 Å². The molecule has 0 aromatic heterocycles. The number of hydrogen-bond acceptors (Lipinski definition) is 2. The summed E-state index contributed by atoms with van der Waals surface area (Å²) in [4.78, 5) is 11.5. The van der Waals surface area contributed by atoms with E-state index in [0.717, 1.165) is 12.8 Å². The molecule has 1 N–H and O–H groups in total. The van der Waals surface area contributed by atoms with Crippen molar-refractivity contribution in [1.29, 1.82) is 0 Å². The minimum Gasteiger partial charge on any atom is -0.393 e. The Morgan fingerprint density at radius 3 is 1.88 bits per heavy atom. The van der Waals surface area contributed by atoms with Crippen LogP contribution >= 0.6 is 0 Å². The molecule has 0 rings (SSSR count). The number of aliphatic hydroxyl groups excluding tert-OH is 1. The molecule has 2 nitrogen and oxygen atoms in total. The third-order valence-corrected chi connectivity index (χ3v) is 4.34. The molecule has 0 amide bonds. The summed E-state index contributed by atoms with van der Waals surface area (Å²) in [5.41, 5.74) is 0. The fourth-order valence-electron chi connectivity index (χ4n) is 2.64. The molecule has 24 heavy (non-hydrogen) atoms. The van der Waals surface area contributed by atoms with Crippen LogP contribution in [0.2, 0.25) is 0 Å². The fraction of sp³-hybridized carbons (Fsp3) is 0.773. The van der Waals surface area contributed by atoms with Gasteiger partial charge in [-0.25, -0.2) is 0 Å². The normalized spacial score (nSPS) is 13.1. The van der Waals surface area contributed by atoms with Gasteiger partial charge in [0.05, 0.1) is 6.10 Å². The molecule has 0 aliphatic rings. The second-order valence-electron chi connectivity index (χ2n) is 6.80. The quantitative estimate of drug-likeness (QED) is 0.186. The number of carbonyl (C=O) groups excluding carboxylic acids is 1. The zero-order chi connectivity index (χ0) is 17.9. The van der Waals surface area contributed by atoms with Gasteiger partial charge in [-0.1, -0.05) is 70.6 Å². The van der Waals surface area contributed by atoms with Gasteiger partial charge in [-0.05, 0) is 51.0 Å². The van der Waals surface area contributed by atoms with Crippen molar-refractivity contribution in [3.8, 4) is 0 Å². The summed E-state index contributed by atoms with van der Waals surface area (Å²) < 4.78 is 0. The number of rotatable bonds is 17. The molecule has 0 saturated heterocycles.